The molecule has 9 nitrogen and oxygen atoms in total. The SMILES string of the molecule is CN(O)O[N+](C)(C)O[N+](C)(C)ON(C)O. The molecule has 0 saturated heterocycles. The van der Waals surface area contributed by atoms with Crippen LogP contribution >= 0.6 is 0 Å². The van der Waals surface area contributed by atoms with Crippen LogP contribution in [-0.2, 0) is 14.8 Å². The molecule has 92 valence electrons. The first-order chi connectivity index (χ1) is 6.54. The Balaban J connectivity index is 4.29. The Bertz CT molecular complexity index is 176. The van der Waals surface area contributed by atoms with Crippen LogP contribution in [0.25, 0.3) is 0 Å². The zero-order valence-electron chi connectivity index (χ0n) is 9.91. The number of quaternary nitrogens is 2. The second-order valence-corrected chi connectivity index (χ2v) is 3.68. The maximum Gasteiger partial charge on any atom is 0.140 e. The van der Waals surface area contributed by atoms with Gasteiger partial charge in [-0.3, -0.25) is 10.4 Å². The van der Waals surface area contributed by atoms with Crippen LogP contribution in [0.2, 0.25) is 0 Å². The molecule has 2 N–H and O–H groups in total. The van der Waals surface area contributed by atoms with E-state index in [0.29, 0.717) is 10.5 Å². The van der Waals surface area contributed by atoms with Crippen molar-refractivity contribution in [2.75, 3.05) is 42.3 Å². The lowest BCUT2D eigenvalue weighted by Gasteiger charge is -2.29. The summed E-state index contributed by atoms with van der Waals surface area (Å²) < 4.78 is 0. The third kappa shape index (κ3) is 7.56. The summed E-state index contributed by atoms with van der Waals surface area (Å²) in [6.07, 6.45) is 0. The molecule has 0 aromatic heterocycles. The zero-order chi connectivity index (χ0) is 12.3. The first-order valence-electron chi connectivity index (χ1n) is 4.18. The average Bonchev–Trinajstić information content (AvgIpc) is 1.73. The van der Waals surface area contributed by atoms with Crippen molar-refractivity contribution in [3.05, 3.63) is 0 Å². The van der Waals surface area contributed by atoms with Gasteiger partial charge in [0.05, 0.1) is 4.94 Å². The van der Waals surface area contributed by atoms with Gasteiger partial charge in [-0.05, 0) is 20.3 Å². The maximum atomic E-state index is 8.87. The van der Waals surface area contributed by atoms with Crippen LogP contribution in [0.4, 0.5) is 0 Å². The van der Waals surface area contributed by atoms with E-state index < -0.39 is 9.62 Å². The summed E-state index contributed by atoms with van der Waals surface area (Å²) in [6.45, 7) is 0. The Morgan fingerprint density at radius 2 is 1.07 bits per heavy atom. The third-order valence-corrected chi connectivity index (χ3v) is 1.02. The lowest BCUT2D eigenvalue weighted by atomic mass is 11.1. The standard InChI is InChI=1S/C6H20N4O5/c1-7(11)13-9(3,4)15-10(5,6)14-8(2)12/h11-12H,1-6H3/q+2. The van der Waals surface area contributed by atoms with E-state index in [-0.39, 0.29) is 0 Å². The molecule has 0 radical (unpaired) electrons. The van der Waals surface area contributed by atoms with Crippen molar-refractivity contribution in [1.29, 1.82) is 0 Å². The molecule has 0 fully saturated rings. The molecule has 9 heteroatoms. The van der Waals surface area contributed by atoms with Crippen molar-refractivity contribution in [1.82, 2.24) is 10.5 Å². The number of hydrogen-bond donors (Lipinski definition) is 2. The van der Waals surface area contributed by atoms with Crippen molar-refractivity contribution < 1.29 is 34.8 Å². The van der Waals surface area contributed by atoms with Gasteiger partial charge in [-0.2, -0.15) is 0 Å². The van der Waals surface area contributed by atoms with Gasteiger partial charge in [0.15, 0.2) is 0 Å². The lowest BCUT2D eigenvalue weighted by Crippen LogP contribution is -2.56. The van der Waals surface area contributed by atoms with Crippen molar-refractivity contribution in [2.24, 2.45) is 0 Å². The Labute approximate surface area is 88.6 Å². The van der Waals surface area contributed by atoms with Gasteiger partial charge in [-0.1, -0.05) is 0 Å². The first kappa shape index (κ1) is 14.6. The number of hydroxylamine groups is 12. The smallest absolute Gasteiger partial charge is 0.140 e. The highest BCUT2D eigenvalue weighted by Gasteiger charge is 2.37. The lowest BCUT2D eigenvalue weighted by molar-refractivity contribution is -1.46. The number of nitrogens with zero attached hydrogens (tertiary/aromatic N) is 4. The molecule has 0 bridgehead atoms. The van der Waals surface area contributed by atoms with Gasteiger partial charge in [0.1, 0.15) is 28.2 Å². The molecule has 0 aromatic carbocycles. The molecule has 0 amide bonds. The van der Waals surface area contributed by atoms with Gasteiger partial charge >= 0.3 is 0 Å². The van der Waals surface area contributed by atoms with Crippen LogP contribution < -0.4 is 0 Å². The largest absolute Gasteiger partial charge is 0.285 e. The highest BCUT2D eigenvalue weighted by molar-refractivity contribution is 3.80. The molecule has 0 aliphatic heterocycles. The van der Waals surface area contributed by atoms with Gasteiger partial charge in [0, 0.05) is 23.7 Å². The molecule has 0 spiro atoms. The van der Waals surface area contributed by atoms with E-state index in [1.54, 1.807) is 0 Å². The van der Waals surface area contributed by atoms with Crippen molar-refractivity contribution in [3.63, 3.8) is 0 Å². The van der Waals surface area contributed by atoms with Crippen LogP contribution in [-0.4, -0.2) is 72.8 Å². The summed E-state index contributed by atoms with van der Waals surface area (Å²) in [5.74, 6) is 0. The summed E-state index contributed by atoms with van der Waals surface area (Å²) in [5.41, 5.74) is 0. The molecule has 15 heavy (non-hydrogen) atoms. The Morgan fingerprint density at radius 1 is 0.800 bits per heavy atom. The molecule has 0 aromatic rings. The molecule has 0 atom stereocenters. The van der Waals surface area contributed by atoms with Gasteiger partial charge in [-0.25, -0.2) is 0 Å². The molecule has 0 rings (SSSR count). The Hall–Kier alpha value is -0.360. The molecule has 0 aliphatic carbocycles. The summed E-state index contributed by atoms with van der Waals surface area (Å²) in [4.78, 5) is 14.1. The van der Waals surface area contributed by atoms with Crippen molar-refractivity contribution in [3.8, 4) is 0 Å². The van der Waals surface area contributed by atoms with E-state index in [4.69, 9.17) is 25.2 Å². The summed E-state index contributed by atoms with van der Waals surface area (Å²) in [6, 6.07) is 0. The molecule has 0 unspecified atom stereocenters. The predicted molar refractivity (Wildman–Crippen MR) is 46.6 cm³/mol. The minimum Gasteiger partial charge on any atom is -0.285 e. The van der Waals surface area contributed by atoms with E-state index in [0.717, 1.165) is 0 Å². The highest BCUT2D eigenvalue weighted by Crippen LogP contribution is 2.11. The van der Waals surface area contributed by atoms with E-state index >= 15 is 0 Å². The molecule has 0 heterocycles. The quantitative estimate of drug-likeness (QED) is 0.461. The third-order valence-electron chi connectivity index (χ3n) is 1.02. The molecular weight excluding hydrogens is 208 g/mol. The number of hydrogen-bond acceptors (Lipinski definition) is 7. The van der Waals surface area contributed by atoms with Gasteiger partial charge in [-0.15, -0.1) is 0 Å². The van der Waals surface area contributed by atoms with E-state index in [1.165, 1.54) is 42.3 Å². The summed E-state index contributed by atoms with van der Waals surface area (Å²) >= 11 is 0. The fourth-order valence-electron chi connectivity index (χ4n) is 1.07. The predicted octanol–water partition coefficient (Wildman–Crippen LogP) is -0.679. The fourth-order valence-corrected chi connectivity index (χ4v) is 1.07. The van der Waals surface area contributed by atoms with E-state index in [9.17, 15) is 0 Å². The molecule has 0 saturated carbocycles. The topological polar surface area (TPSA) is 74.6 Å². The second-order valence-electron chi connectivity index (χ2n) is 3.68. The van der Waals surface area contributed by atoms with Gasteiger partial charge in [0.2, 0.25) is 0 Å². The van der Waals surface area contributed by atoms with Crippen molar-refractivity contribution in [2.45, 2.75) is 0 Å². The van der Waals surface area contributed by atoms with Gasteiger partial charge < -0.3 is 0 Å². The molecular formula is C6H20N4O5+2. The minimum absolute atomic E-state index is 0.464. The average molecular weight is 228 g/mol. The summed E-state index contributed by atoms with van der Waals surface area (Å²) in [5, 5.41) is 18.8. The van der Waals surface area contributed by atoms with Crippen LogP contribution in [0.5, 0.6) is 0 Å². The van der Waals surface area contributed by atoms with Crippen LogP contribution in [0, 0.1) is 0 Å². The Kier molecular flexibility index (Phi) is 4.99. The minimum atomic E-state index is -0.464. The van der Waals surface area contributed by atoms with E-state index in [2.05, 4.69) is 0 Å². The molecule has 0 aliphatic rings. The maximum absolute atomic E-state index is 8.87. The zero-order valence-corrected chi connectivity index (χ0v) is 9.91. The van der Waals surface area contributed by atoms with E-state index in [1.807, 2.05) is 0 Å². The van der Waals surface area contributed by atoms with Crippen molar-refractivity contribution >= 4 is 0 Å². The highest BCUT2D eigenvalue weighted by atomic mass is 17.3. The fraction of sp³-hybridized carbons (Fsp3) is 1.00. The monoisotopic (exact) mass is 228 g/mol. The van der Waals surface area contributed by atoms with Crippen LogP contribution in [0.15, 0.2) is 0 Å². The summed E-state index contributed by atoms with van der Waals surface area (Å²) in [7, 11) is 8.67. The van der Waals surface area contributed by atoms with Crippen LogP contribution in [0.3, 0.4) is 0 Å². The normalized spacial score (nSPS) is 14.0. The second kappa shape index (κ2) is 5.12. The van der Waals surface area contributed by atoms with Gasteiger partial charge in [0.25, 0.3) is 0 Å². The first-order valence-corrected chi connectivity index (χ1v) is 4.18. The number of rotatable bonds is 6. The van der Waals surface area contributed by atoms with Crippen LogP contribution in [0.1, 0.15) is 0 Å². The Morgan fingerprint density at radius 3 is 1.27 bits per heavy atom.